The minimum Gasteiger partial charge on any atom is -0.465 e. The van der Waals surface area contributed by atoms with Crippen molar-refractivity contribution in [2.45, 2.75) is 45.7 Å². The van der Waals surface area contributed by atoms with Gasteiger partial charge in [-0.05, 0) is 41.5 Å². The van der Waals surface area contributed by atoms with Gasteiger partial charge >= 0.3 is 6.09 Å². The monoisotopic (exact) mass is 367 g/mol. The summed E-state index contributed by atoms with van der Waals surface area (Å²) < 4.78 is 0. The van der Waals surface area contributed by atoms with Crippen LogP contribution in [0.4, 0.5) is 16.2 Å². The number of carbonyl (C=O) groups is 1. The molecule has 1 aliphatic heterocycles. The lowest BCUT2D eigenvalue weighted by atomic mass is 9.79. The van der Waals surface area contributed by atoms with Gasteiger partial charge in [-0.25, -0.2) is 4.79 Å². The van der Waals surface area contributed by atoms with Crippen LogP contribution in [0.15, 0.2) is 48.5 Å². The number of nitrogens with zero attached hydrogens (tertiary/aromatic N) is 1. The molecule has 2 atom stereocenters. The molecule has 0 spiro atoms. The number of anilines is 2. The molecule has 3 rings (SSSR count). The van der Waals surface area contributed by atoms with Crippen LogP contribution in [-0.2, 0) is 0 Å². The molecule has 0 aliphatic carbocycles. The highest BCUT2D eigenvalue weighted by atomic mass is 16.4. The van der Waals surface area contributed by atoms with Gasteiger partial charge in [-0.3, -0.25) is 0 Å². The van der Waals surface area contributed by atoms with Gasteiger partial charge in [0.2, 0.25) is 0 Å². The van der Waals surface area contributed by atoms with E-state index >= 15 is 0 Å². The normalized spacial score (nSPS) is 20.3. The van der Waals surface area contributed by atoms with Crippen molar-refractivity contribution in [2.24, 2.45) is 5.41 Å². The number of hydrogen-bond donors (Lipinski definition) is 3. The molecule has 0 radical (unpaired) electrons. The molecule has 1 aliphatic rings. The van der Waals surface area contributed by atoms with Gasteiger partial charge in [0.15, 0.2) is 0 Å². The average molecular weight is 367 g/mol. The number of nitrogens with two attached hydrogens (primary N) is 1. The minimum atomic E-state index is -0.834. The van der Waals surface area contributed by atoms with Crippen LogP contribution in [0.25, 0.3) is 11.1 Å². The number of rotatable bonds is 3. The Bertz CT molecular complexity index is 799. The lowest BCUT2D eigenvalue weighted by Crippen LogP contribution is -2.54. The Labute approximate surface area is 161 Å². The third-order valence-electron chi connectivity index (χ3n) is 5.37. The van der Waals surface area contributed by atoms with Crippen LogP contribution in [0.2, 0.25) is 0 Å². The minimum absolute atomic E-state index is 0.0280. The van der Waals surface area contributed by atoms with Crippen molar-refractivity contribution < 1.29 is 9.90 Å². The lowest BCUT2D eigenvalue weighted by Gasteiger charge is -2.45. The Morgan fingerprint density at radius 2 is 1.85 bits per heavy atom. The predicted molar refractivity (Wildman–Crippen MR) is 111 cm³/mol. The van der Waals surface area contributed by atoms with Gasteiger partial charge in [0.25, 0.3) is 0 Å². The van der Waals surface area contributed by atoms with Crippen LogP contribution < -0.4 is 11.1 Å². The van der Waals surface area contributed by atoms with E-state index in [0.29, 0.717) is 12.2 Å². The third-order valence-corrected chi connectivity index (χ3v) is 5.37. The van der Waals surface area contributed by atoms with Gasteiger partial charge in [-0.1, -0.05) is 57.2 Å². The molecule has 5 nitrogen and oxygen atoms in total. The number of likely N-dealkylation sites (tertiary alicyclic amines) is 1. The number of nitrogen functional groups attached to an aromatic ring is 1. The van der Waals surface area contributed by atoms with Gasteiger partial charge < -0.3 is 21.1 Å². The Morgan fingerprint density at radius 1 is 1.15 bits per heavy atom. The molecular weight excluding hydrogens is 338 g/mol. The fourth-order valence-corrected chi connectivity index (χ4v) is 3.86. The van der Waals surface area contributed by atoms with Crippen molar-refractivity contribution in [3.63, 3.8) is 0 Å². The highest BCUT2D eigenvalue weighted by molar-refractivity contribution is 5.76. The molecule has 2 aromatic rings. The standard InChI is InChI=1S/C22H29N3O2/c1-22(2,3)20-14-17(11-12-25(20)21(26)27)24-19-13-16(9-10-18(19)23)15-7-5-4-6-8-15/h4-10,13,17,20,24H,11-12,14,23H2,1-3H3,(H,26,27). The SMILES string of the molecule is CC(C)(C)C1CC(Nc2cc(-c3ccccc3)ccc2N)CCN1C(=O)O. The highest BCUT2D eigenvalue weighted by Gasteiger charge is 2.38. The van der Waals surface area contributed by atoms with Crippen LogP contribution in [0, 0.1) is 5.41 Å². The summed E-state index contributed by atoms with van der Waals surface area (Å²) in [6.07, 6.45) is 0.706. The second-order valence-electron chi connectivity index (χ2n) is 8.39. The summed E-state index contributed by atoms with van der Waals surface area (Å²) >= 11 is 0. The van der Waals surface area contributed by atoms with Gasteiger partial charge in [0, 0.05) is 18.6 Å². The van der Waals surface area contributed by atoms with Crippen LogP contribution in [0.1, 0.15) is 33.6 Å². The van der Waals surface area contributed by atoms with E-state index < -0.39 is 6.09 Å². The van der Waals surface area contributed by atoms with E-state index in [-0.39, 0.29) is 17.5 Å². The quantitative estimate of drug-likeness (QED) is 0.674. The van der Waals surface area contributed by atoms with E-state index in [1.807, 2.05) is 30.3 Å². The fraction of sp³-hybridized carbons (Fsp3) is 0.409. The van der Waals surface area contributed by atoms with Crippen molar-refractivity contribution in [1.82, 2.24) is 4.90 Å². The summed E-state index contributed by atoms with van der Waals surface area (Å²) in [5.41, 5.74) is 9.98. The number of benzene rings is 2. The topological polar surface area (TPSA) is 78.6 Å². The Morgan fingerprint density at radius 3 is 2.48 bits per heavy atom. The summed E-state index contributed by atoms with van der Waals surface area (Å²) in [5.74, 6) is 0. The average Bonchev–Trinajstić information content (AvgIpc) is 2.63. The maximum absolute atomic E-state index is 11.6. The molecule has 5 heteroatoms. The van der Waals surface area contributed by atoms with Crippen molar-refractivity contribution in [3.8, 4) is 11.1 Å². The van der Waals surface area contributed by atoms with Crippen LogP contribution in [-0.4, -0.2) is 34.7 Å². The summed E-state index contributed by atoms with van der Waals surface area (Å²) in [6, 6.07) is 16.4. The number of piperidine rings is 1. The smallest absolute Gasteiger partial charge is 0.407 e. The van der Waals surface area contributed by atoms with E-state index in [9.17, 15) is 9.90 Å². The summed E-state index contributed by atoms with van der Waals surface area (Å²) in [5, 5.41) is 13.1. The number of nitrogens with one attached hydrogen (secondary N) is 1. The molecule has 1 fully saturated rings. The number of carboxylic acid groups (broad SMARTS) is 1. The summed E-state index contributed by atoms with van der Waals surface area (Å²) in [4.78, 5) is 13.2. The number of hydrogen-bond acceptors (Lipinski definition) is 3. The highest BCUT2D eigenvalue weighted by Crippen LogP contribution is 2.34. The first-order valence-corrected chi connectivity index (χ1v) is 9.47. The van der Waals surface area contributed by atoms with Crippen LogP contribution in [0.3, 0.4) is 0 Å². The molecule has 1 heterocycles. The van der Waals surface area contributed by atoms with E-state index in [0.717, 1.165) is 29.7 Å². The van der Waals surface area contributed by atoms with Crippen molar-refractivity contribution in [3.05, 3.63) is 48.5 Å². The van der Waals surface area contributed by atoms with Crippen molar-refractivity contribution in [2.75, 3.05) is 17.6 Å². The first-order valence-electron chi connectivity index (χ1n) is 9.47. The van der Waals surface area contributed by atoms with Crippen LogP contribution >= 0.6 is 0 Å². The molecule has 0 aromatic heterocycles. The third kappa shape index (κ3) is 4.35. The molecular formula is C22H29N3O2. The Kier molecular flexibility index (Phi) is 5.31. The molecule has 4 N–H and O–H groups in total. The second-order valence-corrected chi connectivity index (χ2v) is 8.39. The molecule has 1 saturated heterocycles. The Balaban J connectivity index is 1.80. The van der Waals surface area contributed by atoms with Gasteiger partial charge in [0.05, 0.1) is 11.4 Å². The van der Waals surface area contributed by atoms with Crippen molar-refractivity contribution in [1.29, 1.82) is 0 Å². The lowest BCUT2D eigenvalue weighted by molar-refractivity contribution is 0.0558. The van der Waals surface area contributed by atoms with Crippen LogP contribution in [0.5, 0.6) is 0 Å². The molecule has 2 aromatic carbocycles. The fourth-order valence-electron chi connectivity index (χ4n) is 3.86. The molecule has 27 heavy (non-hydrogen) atoms. The molecule has 1 amide bonds. The maximum Gasteiger partial charge on any atom is 0.407 e. The van der Waals surface area contributed by atoms with Crippen molar-refractivity contribution >= 4 is 17.5 Å². The Hall–Kier alpha value is -2.69. The zero-order valence-corrected chi connectivity index (χ0v) is 16.3. The first-order chi connectivity index (χ1) is 12.8. The zero-order chi connectivity index (χ0) is 19.6. The maximum atomic E-state index is 11.6. The van der Waals surface area contributed by atoms with Gasteiger partial charge in [-0.2, -0.15) is 0 Å². The first kappa shape index (κ1) is 19.1. The molecule has 0 saturated carbocycles. The second kappa shape index (κ2) is 7.51. The number of amides is 1. The molecule has 144 valence electrons. The van der Waals surface area contributed by atoms with Gasteiger partial charge in [-0.15, -0.1) is 0 Å². The van der Waals surface area contributed by atoms with E-state index in [1.165, 1.54) is 0 Å². The summed E-state index contributed by atoms with van der Waals surface area (Å²) in [7, 11) is 0. The predicted octanol–water partition coefficient (Wildman–Crippen LogP) is 4.90. The zero-order valence-electron chi connectivity index (χ0n) is 16.3. The van der Waals surface area contributed by atoms with E-state index in [4.69, 9.17) is 5.73 Å². The largest absolute Gasteiger partial charge is 0.465 e. The van der Waals surface area contributed by atoms with E-state index in [1.54, 1.807) is 4.90 Å². The molecule has 0 bridgehead atoms. The molecule has 2 unspecified atom stereocenters. The van der Waals surface area contributed by atoms with E-state index in [2.05, 4.69) is 44.3 Å². The summed E-state index contributed by atoms with van der Waals surface area (Å²) in [6.45, 7) is 6.83. The van der Waals surface area contributed by atoms with Gasteiger partial charge in [0.1, 0.15) is 0 Å².